The van der Waals surface area contributed by atoms with Gasteiger partial charge in [0.25, 0.3) is 5.97 Å². The Hall–Kier alpha value is -0.650. The Bertz CT molecular complexity index is 167. The molecule has 0 aliphatic rings. The monoisotopic (exact) mass is 280 g/mol. The van der Waals surface area contributed by atoms with Gasteiger partial charge in [-0.3, -0.25) is 4.79 Å². The van der Waals surface area contributed by atoms with E-state index >= 15 is 0 Å². The van der Waals surface area contributed by atoms with Gasteiger partial charge in [-0.15, -0.1) is 0 Å². The third-order valence-corrected chi connectivity index (χ3v) is 1.45. The molecule has 0 rings (SSSR count). The standard InChI is InChI=1S/C8H18O.C4H10O2.C2H4O2/c1-7(2)5-9-6-8(3)4;1-2-3-4(5)6;1-2(3)4/h7-8H,5-6H2,1-4H3;4-6H,2-3H2,1H3;1H3,(H,3,4). The maximum absolute atomic E-state index is 9.00. The lowest BCUT2D eigenvalue weighted by Gasteiger charge is -2.07. The summed E-state index contributed by atoms with van der Waals surface area (Å²) >= 11 is 0. The van der Waals surface area contributed by atoms with E-state index in [1.54, 1.807) is 0 Å². The summed E-state index contributed by atoms with van der Waals surface area (Å²) in [7, 11) is 0. The van der Waals surface area contributed by atoms with E-state index in [2.05, 4.69) is 27.7 Å². The van der Waals surface area contributed by atoms with Crippen LogP contribution in [0.5, 0.6) is 0 Å². The molecular formula is C14H32O5. The van der Waals surface area contributed by atoms with Gasteiger partial charge < -0.3 is 20.1 Å². The van der Waals surface area contributed by atoms with Crippen LogP contribution >= 0.6 is 0 Å². The normalized spacial score (nSPS) is 9.84. The Kier molecular flexibility index (Phi) is 21.4. The number of carboxylic acid groups (broad SMARTS) is 1. The van der Waals surface area contributed by atoms with Crippen molar-refractivity contribution in [3.05, 3.63) is 0 Å². The highest BCUT2D eigenvalue weighted by Crippen LogP contribution is 1.96. The quantitative estimate of drug-likeness (QED) is 0.651. The molecule has 0 saturated carbocycles. The van der Waals surface area contributed by atoms with Crippen LogP contribution in [0.15, 0.2) is 0 Å². The maximum atomic E-state index is 9.00. The third-order valence-electron chi connectivity index (χ3n) is 1.45. The van der Waals surface area contributed by atoms with Crippen LogP contribution in [-0.2, 0) is 9.53 Å². The van der Waals surface area contributed by atoms with E-state index in [1.807, 2.05) is 6.92 Å². The van der Waals surface area contributed by atoms with Crippen LogP contribution in [0.3, 0.4) is 0 Å². The SMILES string of the molecule is CC(=O)O.CC(C)COCC(C)C.CCCC(O)O. The van der Waals surface area contributed by atoms with Crippen LogP contribution in [0.1, 0.15) is 54.4 Å². The fraction of sp³-hybridized carbons (Fsp3) is 0.929. The fourth-order valence-electron chi connectivity index (χ4n) is 0.798. The van der Waals surface area contributed by atoms with Gasteiger partial charge >= 0.3 is 0 Å². The van der Waals surface area contributed by atoms with Gasteiger partial charge in [0, 0.05) is 20.1 Å². The van der Waals surface area contributed by atoms with E-state index in [-0.39, 0.29) is 0 Å². The predicted molar refractivity (Wildman–Crippen MR) is 76.9 cm³/mol. The first kappa shape index (κ1) is 23.4. The predicted octanol–water partition coefficient (Wildman–Crippen LogP) is 2.50. The molecule has 0 amide bonds. The molecule has 0 bridgehead atoms. The highest BCUT2D eigenvalue weighted by Gasteiger charge is 1.95. The van der Waals surface area contributed by atoms with Gasteiger partial charge in [0.05, 0.1) is 0 Å². The minimum atomic E-state index is -1.10. The van der Waals surface area contributed by atoms with Crippen molar-refractivity contribution in [3.63, 3.8) is 0 Å². The third kappa shape index (κ3) is 58.6. The Morgan fingerprint density at radius 3 is 1.47 bits per heavy atom. The van der Waals surface area contributed by atoms with Gasteiger partial charge in [0.1, 0.15) is 0 Å². The number of aliphatic carboxylic acids is 1. The molecule has 0 spiro atoms. The lowest BCUT2D eigenvalue weighted by atomic mass is 10.2. The number of carbonyl (C=O) groups is 1. The summed E-state index contributed by atoms with van der Waals surface area (Å²) in [6.45, 7) is 13.5. The summed E-state index contributed by atoms with van der Waals surface area (Å²) in [5.74, 6) is 0.507. The van der Waals surface area contributed by atoms with Crippen molar-refractivity contribution in [1.29, 1.82) is 0 Å². The largest absolute Gasteiger partial charge is 0.481 e. The van der Waals surface area contributed by atoms with Crippen LogP contribution in [-0.4, -0.2) is 40.8 Å². The summed E-state index contributed by atoms with van der Waals surface area (Å²) in [4.78, 5) is 9.00. The molecule has 0 aromatic heterocycles. The lowest BCUT2D eigenvalue weighted by Crippen LogP contribution is -2.06. The zero-order chi connectivity index (χ0) is 15.8. The number of ether oxygens (including phenoxy) is 1. The van der Waals surface area contributed by atoms with Gasteiger partial charge in [-0.2, -0.15) is 0 Å². The number of hydrogen-bond donors (Lipinski definition) is 3. The molecule has 0 aromatic carbocycles. The van der Waals surface area contributed by atoms with E-state index < -0.39 is 12.3 Å². The van der Waals surface area contributed by atoms with E-state index in [9.17, 15) is 0 Å². The van der Waals surface area contributed by atoms with Gasteiger partial charge in [-0.05, 0) is 18.3 Å². The first-order valence-electron chi connectivity index (χ1n) is 6.76. The molecule has 5 heteroatoms. The molecular weight excluding hydrogens is 248 g/mol. The number of rotatable bonds is 6. The average molecular weight is 280 g/mol. The van der Waals surface area contributed by atoms with Crippen LogP contribution in [0.2, 0.25) is 0 Å². The summed E-state index contributed by atoms with van der Waals surface area (Å²) in [6, 6.07) is 0. The highest BCUT2D eigenvalue weighted by molar-refractivity contribution is 5.62. The summed E-state index contributed by atoms with van der Waals surface area (Å²) in [5.41, 5.74) is 0. The van der Waals surface area contributed by atoms with E-state index in [1.165, 1.54) is 0 Å². The molecule has 19 heavy (non-hydrogen) atoms. The second kappa shape index (κ2) is 17.4. The molecule has 0 aromatic rings. The van der Waals surface area contributed by atoms with Crippen LogP contribution in [0.25, 0.3) is 0 Å². The van der Waals surface area contributed by atoms with Crippen molar-refractivity contribution in [2.45, 2.75) is 60.7 Å². The topological polar surface area (TPSA) is 87.0 Å². The van der Waals surface area contributed by atoms with E-state index in [4.69, 9.17) is 24.9 Å². The summed E-state index contributed by atoms with van der Waals surface area (Å²) in [6.07, 6.45) is 0.215. The Morgan fingerprint density at radius 1 is 1.05 bits per heavy atom. The molecule has 0 atom stereocenters. The van der Waals surface area contributed by atoms with Gasteiger partial charge in [-0.25, -0.2) is 0 Å². The van der Waals surface area contributed by atoms with Gasteiger partial charge in [-0.1, -0.05) is 41.0 Å². The van der Waals surface area contributed by atoms with Crippen molar-refractivity contribution in [2.75, 3.05) is 13.2 Å². The number of aliphatic hydroxyl groups is 2. The molecule has 0 fully saturated rings. The second-order valence-electron chi connectivity index (χ2n) is 5.11. The van der Waals surface area contributed by atoms with E-state index in [0.29, 0.717) is 18.3 Å². The summed E-state index contributed by atoms with van der Waals surface area (Å²) in [5, 5.41) is 23.6. The molecule has 0 unspecified atom stereocenters. The number of carboxylic acids is 1. The highest BCUT2D eigenvalue weighted by atomic mass is 16.5. The smallest absolute Gasteiger partial charge is 0.300 e. The number of aliphatic hydroxyl groups excluding tert-OH is 1. The van der Waals surface area contributed by atoms with Gasteiger partial charge in [0.15, 0.2) is 6.29 Å². The minimum absolute atomic E-state index is 0.486. The molecule has 0 aliphatic heterocycles. The Morgan fingerprint density at radius 2 is 1.37 bits per heavy atom. The van der Waals surface area contributed by atoms with Crippen molar-refractivity contribution in [1.82, 2.24) is 0 Å². The lowest BCUT2D eigenvalue weighted by molar-refractivity contribution is -0.134. The molecule has 0 saturated heterocycles. The second-order valence-corrected chi connectivity index (χ2v) is 5.11. The molecule has 0 radical (unpaired) electrons. The van der Waals surface area contributed by atoms with Gasteiger partial charge in [0.2, 0.25) is 0 Å². The van der Waals surface area contributed by atoms with E-state index in [0.717, 1.165) is 26.6 Å². The number of hydrogen-bond acceptors (Lipinski definition) is 4. The molecule has 5 nitrogen and oxygen atoms in total. The van der Waals surface area contributed by atoms with Crippen molar-refractivity contribution in [3.8, 4) is 0 Å². The minimum Gasteiger partial charge on any atom is -0.481 e. The summed E-state index contributed by atoms with van der Waals surface area (Å²) < 4.78 is 5.36. The zero-order valence-corrected chi connectivity index (χ0v) is 13.2. The molecule has 118 valence electrons. The average Bonchev–Trinajstić information content (AvgIpc) is 2.15. The van der Waals surface area contributed by atoms with Crippen molar-refractivity contribution < 1.29 is 24.9 Å². The fourth-order valence-corrected chi connectivity index (χ4v) is 0.798. The first-order chi connectivity index (χ1) is 8.63. The Labute approximate surface area is 117 Å². The van der Waals surface area contributed by atoms with Crippen molar-refractivity contribution >= 4 is 5.97 Å². The van der Waals surface area contributed by atoms with Crippen molar-refractivity contribution in [2.24, 2.45) is 11.8 Å². The zero-order valence-electron chi connectivity index (χ0n) is 13.2. The maximum Gasteiger partial charge on any atom is 0.300 e. The van der Waals surface area contributed by atoms with Crippen LogP contribution < -0.4 is 0 Å². The first-order valence-corrected chi connectivity index (χ1v) is 6.76. The van der Waals surface area contributed by atoms with Crippen LogP contribution in [0, 0.1) is 11.8 Å². The van der Waals surface area contributed by atoms with Crippen LogP contribution in [0.4, 0.5) is 0 Å². The molecule has 3 N–H and O–H groups in total. The Balaban J connectivity index is -0.000000222. The molecule has 0 aliphatic carbocycles. The molecule has 0 heterocycles.